The van der Waals surface area contributed by atoms with Crippen molar-refractivity contribution in [3.8, 4) is 0 Å². The quantitative estimate of drug-likeness (QED) is 0.429. The van der Waals surface area contributed by atoms with Crippen molar-refractivity contribution < 1.29 is 19.8 Å². The minimum absolute atomic E-state index is 0.418. The zero-order valence-corrected chi connectivity index (χ0v) is 16.9. The maximum Gasteiger partial charge on any atom is 0.411 e. The summed E-state index contributed by atoms with van der Waals surface area (Å²) < 4.78 is 0. The Balaban J connectivity index is 2.99. The second-order valence-electron chi connectivity index (χ2n) is 6.96. The summed E-state index contributed by atoms with van der Waals surface area (Å²) in [6.45, 7) is 6.92. The molecule has 0 fully saturated rings. The van der Waals surface area contributed by atoms with E-state index in [4.69, 9.17) is 0 Å². The smallest absolute Gasteiger partial charge is 0.411 e. The number of carbonyl (C=O) groups is 2. The van der Waals surface area contributed by atoms with Gasteiger partial charge in [-0.2, -0.15) is 0 Å². The molecule has 0 aliphatic heterocycles. The monoisotopic (exact) mass is 378 g/mol. The molecule has 2 N–H and O–H groups in total. The summed E-state index contributed by atoms with van der Waals surface area (Å²) in [6, 6.07) is 5.25. The molecule has 0 radical (unpaired) electrons. The van der Waals surface area contributed by atoms with Crippen molar-refractivity contribution >= 4 is 23.6 Å². The lowest BCUT2D eigenvalue weighted by Gasteiger charge is -2.25. The Morgan fingerprint density at radius 3 is 1.81 bits per heavy atom. The number of aryl methyl sites for hydroxylation is 1. The summed E-state index contributed by atoms with van der Waals surface area (Å²) in [5, 5.41) is 19.2. The topological polar surface area (TPSA) is 81.1 Å². The molecule has 27 heavy (non-hydrogen) atoms. The van der Waals surface area contributed by atoms with E-state index in [-0.39, 0.29) is 0 Å². The predicted molar refractivity (Wildman–Crippen MR) is 110 cm³/mol. The third-order valence-corrected chi connectivity index (χ3v) is 4.73. The lowest BCUT2D eigenvalue weighted by molar-refractivity contribution is 0.200. The fourth-order valence-electron chi connectivity index (χ4n) is 3.10. The van der Waals surface area contributed by atoms with Gasteiger partial charge in [-0.3, -0.25) is 9.80 Å². The lowest BCUT2D eigenvalue weighted by atomic mass is 10.1. The van der Waals surface area contributed by atoms with E-state index in [1.165, 1.54) is 9.80 Å². The van der Waals surface area contributed by atoms with Gasteiger partial charge in [0.2, 0.25) is 0 Å². The minimum Gasteiger partial charge on any atom is -0.465 e. The summed E-state index contributed by atoms with van der Waals surface area (Å²) in [5.74, 6) is 0. The highest BCUT2D eigenvalue weighted by Gasteiger charge is 2.20. The van der Waals surface area contributed by atoms with Gasteiger partial charge >= 0.3 is 12.2 Å². The molecule has 0 heterocycles. The standard InChI is InChI=1S/C21H34N2O4/c1-4-6-8-10-14-22(20(24)25)18-13-12-17(3)19(16-18)23(21(26)27)15-11-9-7-5-2/h12-13,16H,4-11,14-15H2,1-3H3,(H,24,25)(H,26,27). The van der Waals surface area contributed by atoms with E-state index < -0.39 is 12.2 Å². The van der Waals surface area contributed by atoms with E-state index in [2.05, 4.69) is 13.8 Å². The molecule has 6 nitrogen and oxygen atoms in total. The Morgan fingerprint density at radius 2 is 1.33 bits per heavy atom. The van der Waals surface area contributed by atoms with Crippen molar-refractivity contribution in [3.05, 3.63) is 23.8 Å². The molecule has 0 bridgehead atoms. The highest BCUT2D eigenvalue weighted by molar-refractivity contribution is 5.91. The van der Waals surface area contributed by atoms with Crippen molar-refractivity contribution in [1.29, 1.82) is 0 Å². The summed E-state index contributed by atoms with van der Waals surface area (Å²) >= 11 is 0. The largest absolute Gasteiger partial charge is 0.465 e. The summed E-state index contributed by atoms with van der Waals surface area (Å²) in [7, 11) is 0. The van der Waals surface area contributed by atoms with E-state index in [0.717, 1.165) is 56.9 Å². The molecule has 6 heteroatoms. The van der Waals surface area contributed by atoms with Crippen LogP contribution < -0.4 is 9.80 Å². The summed E-state index contributed by atoms with van der Waals surface area (Å²) in [4.78, 5) is 26.1. The van der Waals surface area contributed by atoms with E-state index >= 15 is 0 Å². The van der Waals surface area contributed by atoms with Gasteiger partial charge in [0.05, 0.1) is 5.69 Å². The minimum atomic E-state index is -1.01. The third-order valence-electron chi connectivity index (χ3n) is 4.73. The maximum atomic E-state index is 11.8. The second kappa shape index (κ2) is 12.2. The fraction of sp³-hybridized carbons (Fsp3) is 0.619. The van der Waals surface area contributed by atoms with E-state index in [0.29, 0.717) is 24.5 Å². The number of hydrogen-bond acceptors (Lipinski definition) is 2. The molecule has 1 aromatic rings. The number of anilines is 2. The predicted octanol–water partition coefficient (Wildman–Crippen LogP) is 6.12. The molecule has 0 aromatic heterocycles. The average Bonchev–Trinajstić information content (AvgIpc) is 2.62. The van der Waals surface area contributed by atoms with E-state index in [1.807, 2.05) is 6.92 Å². The number of carboxylic acid groups (broad SMARTS) is 2. The van der Waals surface area contributed by atoms with Gasteiger partial charge in [-0.1, -0.05) is 58.4 Å². The molecule has 152 valence electrons. The zero-order valence-electron chi connectivity index (χ0n) is 16.9. The van der Waals surface area contributed by atoms with Crippen molar-refractivity contribution in [2.75, 3.05) is 22.9 Å². The fourth-order valence-corrected chi connectivity index (χ4v) is 3.10. The Hall–Kier alpha value is -2.24. The van der Waals surface area contributed by atoms with Crippen LogP contribution in [-0.2, 0) is 0 Å². The molecule has 0 atom stereocenters. The van der Waals surface area contributed by atoms with Crippen LogP contribution in [0, 0.1) is 6.92 Å². The van der Waals surface area contributed by atoms with Crippen LogP contribution in [0.3, 0.4) is 0 Å². The Kier molecular flexibility index (Phi) is 10.3. The summed E-state index contributed by atoms with van der Waals surface area (Å²) in [5.41, 5.74) is 1.92. The van der Waals surface area contributed by atoms with Crippen LogP contribution in [0.4, 0.5) is 21.0 Å². The number of hydrogen-bond donors (Lipinski definition) is 2. The molecule has 0 aliphatic carbocycles. The Morgan fingerprint density at radius 1 is 0.815 bits per heavy atom. The Labute approximate surface area is 162 Å². The number of benzene rings is 1. The van der Waals surface area contributed by atoms with Crippen LogP contribution in [0.15, 0.2) is 18.2 Å². The van der Waals surface area contributed by atoms with Crippen molar-refractivity contribution in [2.24, 2.45) is 0 Å². The second-order valence-corrected chi connectivity index (χ2v) is 6.96. The SMILES string of the molecule is CCCCCCN(C(=O)O)c1ccc(C)c(N(CCCCCC)C(=O)O)c1. The van der Waals surface area contributed by atoms with Crippen LogP contribution >= 0.6 is 0 Å². The van der Waals surface area contributed by atoms with Gasteiger partial charge < -0.3 is 10.2 Å². The lowest BCUT2D eigenvalue weighted by Crippen LogP contribution is -2.33. The number of nitrogens with zero attached hydrogens (tertiary/aromatic N) is 2. The normalized spacial score (nSPS) is 10.6. The number of rotatable bonds is 12. The average molecular weight is 379 g/mol. The first-order valence-electron chi connectivity index (χ1n) is 10.0. The highest BCUT2D eigenvalue weighted by atomic mass is 16.4. The molecular formula is C21H34N2O4. The number of amides is 2. The van der Waals surface area contributed by atoms with Crippen LogP contribution in [0.2, 0.25) is 0 Å². The van der Waals surface area contributed by atoms with Crippen molar-refractivity contribution in [2.45, 2.75) is 72.1 Å². The maximum absolute atomic E-state index is 11.8. The summed E-state index contributed by atoms with van der Waals surface area (Å²) in [6.07, 6.45) is 5.89. The van der Waals surface area contributed by atoms with Gasteiger partial charge in [-0.05, 0) is 37.5 Å². The van der Waals surface area contributed by atoms with Gasteiger partial charge in [0.15, 0.2) is 0 Å². The molecule has 0 saturated carbocycles. The molecule has 1 aromatic carbocycles. The highest BCUT2D eigenvalue weighted by Crippen LogP contribution is 2.28. The van der Waals surface area contributed by atoms with Crippen molar-refractivity contribution in [3.63, 3.8) is 0 Å². The van der Waals surface area contributed by atoms with Crippen LogP contribution in [0.25, 0.3) is 0 Å². The van der Waals surface area contributed by atoms with E-state index in [9.17, 15) is 19.8 Å². The van der Waals surface area contributed by atoms with Crippen LogP contribution in [0.5, 0.6) is 0 Å². The zero-order chi connectivity index (χ0) is 20.2. The third kappa shape index (κ3) is 7.49. The molecule has 1 rings (SSSR count). The molecule has 0 saturated heterocycles. The van der Waals surface area contributed by atoms with Gasteiger partial charge in [0.1, 0.15) is 0 Å². The molecule has 0 unspecified atom stereocenters. The van der Waals surface area contributed by atoms with Gasteiger partial charge in [0.25, 0.3) is 0 Å². The van der Waals surface area contributed by atoms with Gasteiger partial charge in [0, 0.05) is 18.8 Å². The van der Waals surface area contributed by atoms with Gasteiger partial charge in [-0.15, -0.1) is 0 Å². The van der Waals surface area contributed by atoms with E-state index in [1.54, 1.807) is 18.2 Å². The first kappa shape index (κ1) is 22.8. The molecule has 0 aliphatic rings. The number of unbranched alkanes of at least 4 members (excludes halogenated alkanes) is 6. The van der Waals surface area contributed by atoms with Crippen LogP contribution in [-0.4, -0.2) is 35.5 Å². The first-order valence-corrected chi connectivity index (χ1v) is 10.0. The van der Waals surface area contributed by atoms with Gasteiger partial charge in [-0.25, -0.2) is 9.59 Å². The molecule has 0 spiro atoms. The first-order chi connectivity index (χ1) is 12.9. The van der Waals surface area contributed by atoms with Crippen molar-refractivity contribution in [1.82, 2.24) is 0 Å². The molecular weight excluding hydrogens is 344 g/mol. The Bertz CT molecular complexity index is 604. The molecule has 2 amide bonds. The van der Waals surface area contributed by atoms with Crippen LogP contribution in [0.1, 0.15) is 70.8 Å².